The Balaban J connectivity index is 1.87. The van der Waals surface area contributed by atoms with Crippen molar-refractivity contribution < 1.29 is 23.5 Å². The monoisotopic (exact) mass is 497 g/mol. The molecule has 7 heteroatoms. The van der Waals surface area contributed by atoms with Gasteiger partial charge in [0.2, 0.25) is 0 Å². The minimum Gasteiger partial charge on any atom is -0.458 e. The van der Waals surface area contributed by atoms with Gasteiger partial charge in [-0.1, -0.05) is 55.6 Å². The Morgan fingerprint density at radius 2 is 1.54 bits per heavy atom. The van der Waals surface area contributed by atoms with Crippen LogP contribution in [0.25, 0.3) is 22.3 Å². The highest BCUT2D eigenvalue weighted by Crippen LogP contribution is 2.40. The number of benzene rings is 2. The Kier molecular flexibility index (Phi) is 7.53. The summed E-state index contributed by atoms with van der Waals surface area (Å²) < 4.78 is 16.8. The number of carbonyl (C=O) groups is 2. The van der Waals surface area contributed by atoms with Crippen molar-refractivity contribution in [3.05, 3.63) is 118 Å². The Morgan fingerprint density at radius 3 is 2.16 bits per heavy atom. The third kappa shape index (κ3) is 5.16. The number of esters is 2. The van der Waals surface area contributed by atoms with Crippen molar-refractivity contribution in [1.29, 1.82) is 0 Å². The molecule has 1 N–H and O–H groups in total. The molecule has 188 valence electrons. The van der Waals surface area contributed by atoms with E-state index in [1.54, 1.807) is 62.4 Å². The van der Waals surface area contributed by atoms with Crippen LogP contribution in [0.5, 0.6) is 0 Å². The lowest BCUT2D eigenvalue weighted by molar-refractivity contribution is -0.138. The van der Waals surface area contributed by atoms with E-state index in [9.17, 15) is 14.4 Å². The quantitative estimate of drug-likeness (QED) is 0.340. The normalized spacial score (nSPS) is 13.8. The number of fused-ring (bicyclic) bond motifs is 1. The second-order valence-corrected chi connectivity index (χ2v) is 8.51. The van der Waals surface area contributed by atoms with Gasteiger partial charge in [-0.2, -0.15) is 0 Å². The van der Waals surface area contributed by atoms with E-state index in [0.29, 0.717) is 39.3 Å². The fourth-order valence-electron chi connectivity index (χ4n) is 4.41. The van der Waals surface area contributed by atoms with Crippen molar-refractivity contribution in [3.63, 3.8) is 0 Å². The molecule has 4 rings (SSSR count). The molecule has 0 fully saturated rings. The van der Waals surface area contributed by atoms with Gasteiger partial charge in [-0.25, -0.2) is 9.59 Å². The van der Waals surface area contributed by atoms with Crippen molar-refractivity contribution in [2.45, 2.75) is 19.8 Å². The third-order valence-electron chi connectivity index (χ3n) is 6.00. The summed E-state index contributed by atoms with van der Waals surface area (Å²) in [6, 6.07) is 15.6. The molecule has 2 heterocycles. The van der Waals surface area contributed by atoms with Crippen molar-refractivity contribution in [2.24, 2.45) is 0 Å². The average Bonchev–Trinajstić information content (AvgIpc) is 2.90. The van der Waals surface area contributed by atoms with Gasteiger partial charge >= 0.3 is 11.9 Å². The van der Waals surface area contributed by atoms with E-state index in [1.807, 2.05) is 0 Å². The Labute approximate surface area is 214 Å². The lowest BCUT2D eigenvalue weighted by Crippen LogP contribution is -2.32. The van der Waals surface area contributed by atoms with Crippen LogP contribution in [-0.4, -0.2) is 25.2 Å². The Morgan fingerprint density at radius 1 is 0.919 bits per heavy atom. The summed E-state index contributed by atoms with van der Waals surface area (Å²) in [5, 5.41) is 3.60. The lowest BCUT2D eigenvalue weighted by atomic mass is 9.80. The van der Waals surface area contributed by atoms with Crippen LogP contribution in [0, 0.1) is 0 Å². The van der Waals surface area contributed by atoms with Gasteiger partial charge in [0.05, 0.1) is 22.5 Å². The molecule has 2 aromatic carbocycles. The van der Waals surface area contributed by atoms with Crippen molar-refractivity contribution in [3.8, 4) is 11.3 Å². The van der Waals surface area contributed by atoms with E-state index < -0.39 is 17.9 Å². The molecule has 0 amide bonds. The summed E-state index contributed by atoms with van der Waals surface area (Å²) in [5.74, 6) is -1.59. The molecule has 1 aliphatic heterocycles. The summed E-state index contributed by atoms with van der Waals surface area (Å²) in [5.41, 5.74) is 3.20. The second-order valence-electron chi connectivity index (χ2n) is 8.51. The SMILES string of the molecule is C=CCOC(=O)C1=C(C)NC(C)=C(C(=O)OCC=C)C1c1cccc(-c2cc(=O)c3ccccc3o2)c1. The van der Waals surface area contributed by atoms with E-state index in [4.69, 9.17) is 13.9 Å². The van der Waals surface area contributed by atoms with Gasteiger partial charge in [-0.3, -0.25) is 4.79 Å². The molecule has 37 heavy (non-hydrogen) atoms. The van der Waals surface area contributed by atoms with Crippen LogP contribution in [0.2, 0.25) is 0 Å². The Bertz CT molecular complexity index is 1480. The fourth-order valence-corrected chi connectivity index (χ4v) is 4.41. The Hall–Kier alpha value is -4.65. The standard InChI is InChI=1S/C30H27NO6/c1-5-14-35-29(33)26-18(3)31-19(4)27(30(34)36-15-6-2)28(26)21-11-9-10-20(16-21)25-17-23(32)22-12-7-8-13-24(22)37-25/h5-13,16-17,28,31H,1-2,14-15H2,3-4H3. The predicted molar refractivity (Wildman–Crippen MR) is 142 cm³/mol. The molecule has 0 bridgehead atoms. The van der Waals surface area contributed by atoms with Crippen LogP contribution in [0.1, 0.15) is 25.3 Å². The largest absolute Gasteiger partial charge is 0.458 e. The zero-order valence-electron chi connectivity index (χ0n) is 20.7. The van der Waals surface area contributed by atoms with Gasteiger partial charge in [0.15, 0.2) is 5.43 Å². The highest BCUT2D eigenvalue weighted by atomic mass is 16.5. The van der Waals surface area contributed by atoms with Gasteiger partial charge in [-0.05, 0) is 37.6 Å². The fraction of sp³-hybridized carbons (Fsp3) is 0.167. The summed E-state index contributed by atoms with van der Waals surface area (Å²) in [6.07, 6.45) is 2.95. The maximum absolute atomic E-state index is 13.2. The number of rotatable bonds is 8. The smallest absolute Gasteiger partial charge is 0.337 e. The van der Waals surface area contributed by atoms with Crippen molar-refractivity contribution in [1.82, 2.24) is 5.32 Å². The molecule has 0 aliphatic carbocycles. The number of allylic oxidation sites excluding steroid dienone is 2. The number of ether oxygens (including phenoxy) is 2. The average molecular weight is 498 g/mol. The predicted octanol–water partition coefficient (Wildman–Crippen LogP) is 5.15. The number of hydrogen-bond acceptors (Lipinski definition) is 7. The molecule has 0 radical (unpaired) electrons. The molecular formula is C30H27NO6. The van der Waals surface area contributed by atoms with Gasteiger partial charge in [0, 0.05) is 23.0 Å². The van der Waals surface area contributed by atoms with E-state index in [0.717, 1.165) is 0 Å². The molecule has 1 aliphatic rings. The number of hydrogen-bond donors (Lipinski definition) is 1. The molecule has 0 atom stereocenters. The van der Waals surface area contributed by atoms with Gasteiger partial charge in [0.1, 0.15) is 24.6 Å². The van der Waals surface area contributed by atoms with E-state index in [-0.39, 0.29) is 29.8 Å². The van der Waals surface area contributed by atoms with Crippen LogP contribution in [0.3, 0.4) is 0 Å². The highest BCUT2D eigenvalue weighted by Gasteiger charge is 2.38. The first kappa shape index (κ1) is 25.4. The van der Waals surface area contributed by atoms with Gasteiger partial charge in [-0.15, -0.1) is 0 Å². The molecular weight excluding hydrogens is 470 g/mol. The molecule has 3 aromatic rings. The first-order valence-corrected chi connectivity index (χ1v) is 11.7. The number of dihydropyridines is 1. The minimum absolute atomic E-state index is 0.0174. The van der Waals surface area contributed by atoms with Gasteiger partial charge in [0.25, 0.3) is 0 Å². The molecule has 0 saturated carbocycles. The molecule has 1 aromatic heterocycles. The molecule has 7 nitrogen and oxygen atoms in total. The first-order valence-electron chi connectivity index (χ1n) is 11.7. The molecule has 0 spiro atoms. The van der Waals surface area contributed by atoms with E-state index in [1.165, 1.54) is 18.2 Å². The number of nitrogens with one attached hydrogen (secondary N) is 1. The summed E-state index contributed by atoms with van der Waals surface area (Å²) in [4.78, 5) is 39.0. The number of carbonyl (C=O) groups excluding carboxylic acids is 2. The van der Waals surface area contributed by atoms with Crippen molar-refractivity contribution >= 4 is 22.9 Å². The van der Waals surface area contributed by atoms with E-state index >= 15 is 0 Å². The minimum atomic E-state index is -0.789. The first-order chi connectivity index (χ1) is 17.8. The third-order valence-corrected chi connectivity index (χ3v) is 6.00. The van der Waals surface area contributed by atoms with Crippen LogP contribution in [-0.2, 0) is 19.1 Å². The molecule has 0 unspecified atom stereocenters. The topological polar surface area (TPSA) is 94.8 Å². The zero-order chi connectivity index (χ0) is 26.5. The number of para-hydroxylation sites is 1. The van der Waals surface area contributed by atoms with Crippen molar-refractivity contribution in [2.75, 3.05) is 13.2 Å². The summed E-state index contributed by atoms with van der Waals surface area (Å²) in [7, 11) is 0. The maximum atomic E-state index is 13.2. The highest BCUT2D eigenvalue weighted by molar-refractivity contribution is 6.00. The van der Waals surface area contributed by atoms with Crippen LogP contribution in [0.15, 0.2) is 112 Å². The lowest BCUT2D eigenvalue weighted by Gasteiger charge is -2.30. The molecule has 0 saturated heterocycles. The van der Waals surface area contributed by atoms with Crippen LogP contribution >= 0.6 is 0 Å². The summed E-state index contributed by atoms with van der Waals surface area (Å²) >= 11 is 0. The second kappa shape index (κ2) is 11.0. The zero-order valence-corrected chi connectivity index (χ0v) is 20.7. The maximum Gasteiger partial charge on any atom is 0.337 e. The van der Waals surface area contributed by atoms with Crippen LogP contribution in [0.4, 0.5) is 0 Å². The van der Waals surface area contributed by atoms with Crippen LogP contribution < -0.4 is 10.7 Å². The summed E-state index contributed by atoms with van der Waals surface area (Å²) in [6.45, 7) is 10.7. The van der Waals surface area contributed by atoms with Gasteiger partial charge < -0.3 is 19.2 Å². The van der Waals surface area contributed by atoms with E-state index in [2.05, 4.69) is 18.5 Å².